The first-order valence-corrected chi connectivity index (χ1v) is 10.0. The number of nitriles is 1. The van der Waals surface area contributed by atoms with Gasteiger partial charge in [-0.2, -0.15) is 10.2 Å². The highest BCUT2D eigenvalue weighted by Crippen LogP contribution is 2.42. The normalized spacial score (nSPS) is 19.7. The van der Waals surface area contributed by atoms with Gasteiger partial charge in [0.15, 0.2) is 0 Å². The SMILES string of the molecule is CCc1c(CCNc2ncc(C#N)c(N[C@@H]3C[C@H](O)C3(C)C)n2)cccc1OC. The van der Waals surface area contributed by atoms with Crippen LogP contribution in [0.2, 0.25) is 0 Å². The molecule has 2 atom stereocenters. The molecule has 3 N–H and O–H groups in total. The molecule has 0 bridgehead atoms. The minimum atomic E-state index is -0.347. The predicted molar refractivity (Wildman–Crippen MR) is 113 cm³/mol. The summed E-state index contributed by atoms with van der Waals surface area (Å²) < 4.78 is 5.46. The van der Waals surface area contributed by atoms with Gasteiger partial charge < -0.3 is 20.5 Å². The highest BCUT2D eigenvalue weighted by Gasteiger charge is 2.47. The van der Waals surface area contributed by atoms with Gasteiger partial charge in [-0.05, 0) is 36.5 Å². The minimum absolute atomic E-state index is 0.0660. The Morgan fingerprint density at radius 1 is 1.38 bits per heavy atom. The Labute approximate surface area is 172 Å². The Kier molecular flexibility index (Phi) is 6.23. The number of ether oxygens (including phenoxy) is 1. The van der Waals surface area contributed by atoms with E-state index in [1.54, 1.807) is 7.11 Å². The molecular formula is C22H29N5O2. The van der Waals surface area contributed by atoms with E-state index in [4.69, 9.17) is 4.74 Å². The summed E-state index contributed by atoms with van der Waals surface area (Å²) in [6.45, 7) is 6.80. The lowest BCUT2D eigenvalue weighted by Crippen LogP contribution is -2.57. The van der Waals surface area contributed by atoms with E-state index in [1.165, 1.54) is 17.3 Å². The summed E-state index contributed by atoms with van der Waals surface area (Å²) in [6.07, 6.45) is 3.54. The number of aliphatic hydroxyl groups excluding tert-OH is 1. The fourth-order valence-corrected chi connectivity index (χ4v) is 3.72. The molecule has 7 nitrogen and oxygen atoms in total. The molecule has 3 rings (SSSR count). The zero-order valence-corrected chi connectivity index (χ0v) is 17.5. The number of methoxy groups -OCH3 is 1. The molecule has 1 aromatic carbocycles. The van der Waals surface area contributed by atoms with Gasteiger partial charge in [-0.15, -0.1) is 0 Å². The smallest absolute Gasteiger partial charge is 0.224 e. The van der Waals surface area contributed by atoms with Gasteiger partial charge in [0.1, 0.15) is 23.2 Å². The lowest BCUT2D eigenvalue weighted by molar-refractivity contribution is -0.0511. The topological polar surface area (TPSA) is 103 Å². The van der Waals surface area contributed by atoms with Crippen LogP contribution in [0.3, 0.4) is 0 Å². The number of anilines is 2. The number of rotatable bonds is 8. The van der Waals surface area contributed by atoms with Crippen molar-refractivity contribution in [3.05, 3.63) is 41.1 Å². The fraction of sp³-hybridized carbons (Fsp3) is 0.500. The number of nitrogens with one attached hydrogen (secondary N) is 2. The van der Waals surface area contributed by atoms with Gasteiger partial charge in [0.05, 0.1) is 19.4 Å². The number of nitrogens with zero attached hydrogens (tertiary/aromatic N) is 3. The Morgan fingerprint density at radius 2 is 2.17 bits per heavy atom. The molecule has 0 spiro atoms. The number of benzene rings is 1. The fourth-order valence-electron chi connectivity index (χ4n) is 3.72. The Bertz CT molecular complexity index is 907. The summed E-state index contributed by atoms with van der Waals surface area (Å²) in [5, 5.41) is 25.9. The van der Waals surface area contributed by atoms with Crippen LogP contribution < -0.4 is 15.4 Å². The highest BCUT2D eigenvalue weighted by atomic mass is 16.5. The maximum Gasteiger partial charge on any atom is 0.224 e. The average Bonchev–Trinajstić information content (AvgIpc) is 2.73. The molecule has 0 aliphatic heterocycles. The van der Waals surface area contributed by atoms with Crippen molar-refractivity contribution in [3.63, 3.8) is 0 Å². The second-order valence-corrected chi connectivity index (χ2v) is 7.97. The third-order valence-electron chi connectivity index (χ3n) is 5.92. The molecule has 0 amide bonds. The minimum Gasteiger partial charge on any atom is -0.496 e. The predicted octanol–water partition coefficient (Wildman–Crippen LogP) is 3.15. The van der Waals surface area contributed by atoms with Crippen LogP contribution in [-0.4, -0.2) is 40.9 Å². The molecule has 29 heavy (non-hydrogen) atoms. The van der Waals surface area contributed by atoms with E-state index < -0.39 is 0 Å². The number of hydrogen-bond donors (Lipinski definition) is 3. The largest absolute Gasteiger partial charge is 0.496 e. The first-order chi connectivity index (χ1) is 13.9. The molecule has 1 heterocycles. The second-order valence-electron chi connectivity index (χ2n) is 7.97. The Hall–Kier alpha value is -2.85. The van der Waals surface area contributed by atoms with Crippen molar-refractivity contribution >= 4 is 11.8 Å². The standard InChI is InChI=1S/C22H29N5O2/c1-5-16-14(7-6-8-17(16)29-4)9-10-24-21-25-13-15(12-23)20(27-21)26-18-11-19(28)22(18,2)3/h6-8,13,18-19,28H,5,9-11H2,1-4H3,(H2,24,25,26,27)/t18-,19+/m1/s1. The third-order valence-corrected chi connectivity index (χ3v) is 5.92. The lowest BCUT2D eigenvalue weighted by atomic mass is 9.64. The van der Waals surface area contributed by atoms with E-state index in [0.717, 1.165) is 18.6 Å². The van der Waals surface area contributed by atoms with Crippen LogP contribution in [0.5, 0.6) is 5.75 Å². The van der Waals surface area contributed by atoms with E-state index in [0.29, 0.717) is 30.3 Å². The molecule has 1 aromatic heterocycles. The van der Waals surface area contributed by atoms with E-state index in [1.807, 2.05) is 26.0 Å². The van der Waals surface area contributed by atoms with Gasteiger partial charge in [0.2, 0.25) is 5.95 Å². The molecule has 7 heteroatoms. The van der Waals surface area contributed by atoms with Crippen molar-refractivity contribution in [1.82, 2.24) is 9.97 Å². The van der Waals surface area contributed by atoms with E-state index >= 15 is 0 Å². The summed E-state index contributed by atoms with van der Waals surface area (Å²) in [4.78, 5) is 8.76. The first-order valence-electron chi connectivity index (χ1n) is 10.0. The molecule has 154 valence electrons. The van der Waals surface area contributed by atoms with Gasteiger partial charge in [-0.3, -0.25) is 0 Å². The molecular weight excluding hydrogens is 366 g/mol. The third kappa shape index (κ3) is 4.28. The van der Waals surface area contributed by atoms with E-state index in [2.05, 4.69) is 39.7 Å². The van der Waals surface area contributed by atoms with Gasteiger partial charge in [0, 0.05) is 18.0 Å². The maximum absolute atomic E-state index is 9.95. The van der Waals surface area contributed by atoms with Crippen LogP contribution in [-0.2, 0) is 12.8 Å². The number of hydrogen-bond acceptors (Lipinski definition) is 7. The highest BCUT2D eigenvalue weighted by molar-refractivity contribution is 5.54. The van der Waals surface area contributed by atoms with Crippen LogP contribution in [0, 0.1) is 16.7 Å². The summed E-state index contributed by atoms with van der Waals surface area (Å²) >= 11 is 0. The zero-order valence-electron chi connectivity index (χ0n) is 17.5. The van der Waals surface area contributed by atoms with Crippen molar-refractivity contribution < 1.29 is 9.84 Å². The van der Waals surface area contributed by atoms with Crippen LogP contribution in [0.1, 0.15) is 43.9 Å². The van der Waals surface area contributed by atoms with Gasteiger partial charge in [-0.25, -0.2) is 4.98 Å². The summed E-state index contributed by atoms with van der Waals surface area (Å²) in [7, 11) is 1.69. The lowest BCUT2D eigenvalue weighted by Gasteiger charge is -2.49. The van der Waals surface area contributed by atoms with Gasteiger partial charge in [0.25, 0.3) is 0 Å². The molecule has 0 radical (unpaired) electrons. The van der Waals surface area contributed by atoms with Crippen LogP contribution in [0.15, 0.2) is 24.4 Å². The molecule has 1 fully saturated rings. The van der Waals surface area contributed by atoms with E-state index in [-0.39, 0.29) is 17.6 Å². The first kappa shape index (κ1) is 20.9. The zero-order chi connectivity index (χ0) is 21.0. The molecule has 2 aromatic rings. The van der Waals surface area contributed by atoms with Crippen molar-refractivity contribution in [1.29, 1.82) is 5.26 Å². The van der Waals surface area contributed by atoms with E-state index in [9.17, 15) is 10.4 Å². The molecule has 0 unspecified atom stereocenters. The molecule has 0 saturated heterocycles. The van der Waals surface area contributed by atoms with Crippen molar-refractivity contribution in [3.8, 4) is 11.8 Å². The molecule has 1 aliphatic rings. The van der Waals surface area contributed by atoms with Crippen molar-refractivity contribution in [2.24, 2.45) is 5.41 Å². The quantitative estimate of drug-likeness (QED) is 0.631. The van der Waals surface area contributed by atoms with Crippen LogP contribution in [0.25, 0.3) is 0 Å². The van der Waals surface area contributed by atoms with Crippen LogP contribution in [0.4, 0.5) is 11.8 Å². The summed E-state index contributed by atoms with van der Waals surface area (Å²) in [5.41, 5.74) is 2.59. The number of aromatic nitrogens is 2. The average molecular weight is 396 g/mol. The molecule has 1 saturated carbocycles. The van der Waals surface area contributed by atoms with Crippen molar-refractivity contribution in [2.75, 3.05) is 24.3 Å². The monoisotopic (exact) mass is 395 g/mol. The molecule has 1 aliphatic carbocycles. The van der Waals surface area contributed by atoms with Gasteiger partial charge in [-0.1, -0.05) is 32.9 Å². The van der Waals surface area contributed by atoms with Crippen molar-refractivity contribution in [2.45, 2.75) is 52.2 Å². The Balaban J connectivity index is 1.67. The summed E-state index contributed by atoms with van der Waals surface area (Å²) in [5.74, 6) is 1.90. The van der Waals surface area contributed by atoms with Crippen LogP contribution >= 0.6 is 0 Å². The van der Waals surface area contributed by atoms with Gasteiger partial charge >= 0.3 is 0 Å². The number of aliphatic hydroxyl groups is 1. The maximum atomic E-state index is 9.95. The summed E-state index contributed by atoms with van der Waals surface area (Å²) in [6, 6.07) is 8.29. The Morgan fingerprint density at radius 3 is 2.79 bits per heavy atom. The second kappa shape index (κ2) is 8.66.